The number of nitrogens with zero attached hydrogens (tertiary/aromatic N) is 3. The third-order valence-corrected chi connectivity index (χ3v) is 4.81. The lowest BCUT2D eigenvalue weighted by Gasteiger charge is -2.25. The first-order chi connectivity index (χ1) is 11.3. The number of carbonyl (C=O) groups is 1. The minimum Gasteiger partial charge on any atom is -0.395 e. The van der Waals surface area contributed by atoms with Crippen LogP contribution < -0.4 is 4.90 Å². The van der Waals surface area contributed by atoms with Gasteiger partial charge < -0.3 is 14.9 Å². The second-order valence-electron chi connectivity index (χ2n) is 5.59. The van der Waals surface area contributed by atoms with E-state index in [4.69, 9.17) is 0 Å². The summed E-state index contributed by atoms with van der Waals surface area (Å²) in [4.78, 5) is 21.2. The zero-order chi connectivity index (χ0) is 16.1. The number of hydrogen-bond acceptors (Lipinski definition) is 5. The number of aromatic nitrogens is 1. The second-order valence-corrected chi connectivity index (χ2v) is 6.57. The summed E-state index contributed by atoms with van der Waals surface area (Å²) in [6.45, 7) is 2.69. The van der Waals surface area contributed by atoms with E-state index in [0.29, 0.717) is 18.7 Å². The molecule has 23 heavy (non-hydrogen) atoms. The number of benzene rings is 1. The second kappa shape index (κ2) is 7.57. The van der Waals surface area contributed by atoms with Crippen molar-refractivity contribution in [2.45, 2.75) is 19.4 Å². The predicted octanol–water partition coefficient (Wildman–Crippen LogP) is 2.38. The van der Waals surface area contributed by atoms with Crippen LogP contribution in [0.2, 0.25) is 0 Å². The lowest BCUT2D eigenvalue weighted by atomic mass is 10.1. The molecule has 2 aromatic rings. The molecule has 5 nitrogen and oxygen atoms in total. The maximum atomic E-state index is 13.0. The molecule has 0 saturated carbocycles. The van der Waals surface area contributed by atoms with Crippen molar-refractivity contribution in [1.82, 2.24) is 9.88 Å². The zero-order valence-electron chi connectivity index (χ0n) is 13.0. The Morgan fingerprint density at radius 3 is 2.78 bits per heavy atom. The third-order valence-electron chi connectivity index (χ3n) is 4.05. The molecular weight excluding hydrogens is 310 g/mol. The van der Waals surface area contributed by atoms with E-state index >= 15 is 0 Å². The molecule has 2 heterocycles. The lowest BCUT2D eigenvalue weighted by Crippen LogP contribution is -2.34. The van der Waals surface area contributed by atoms with Crippen molar-refractivity contribution in [3.05, 3.63) is 46.4 Å². The Morgan fingerprint density at radius 1 is 1.30 bits per heavy atom. The van der Waals surface area contributed by atoms with Gasteiger partial charge in [-0.05, 0) is 25.0 Å². The van der Waals surface area contributed by atoms with Gasteiger partial charge in [0, 0.05) is 36.9 Å². The minimum atomic E-state index is -0.0526. The van der Waals surface area contributed by atoms with Crippen molar-refractivity contribution in [1.29, 1.82) is 0 Å². The summed E-state index contributed by atoms with van der Waals surface area (Å²) in [6.07, 6.45) is 4.07. The molecule has 1 aromatic heterocycles. The van der Waals surface area contributed by atoms with Gasteiger partial charge in [-0.15, -0.1) is 11.3 Å². The molecule has 0 atom stereocenters. The standard InChI is InChI=1S/C17H21N3O2S/c21-11-10-20(13-16-18-7-12-23-16)17(22)14-5-1-2-6-15(14)19-8-3-4-9-19/h1-2,5-7,12,21H,3-4,8-11,13H2. The fraction of sp³-hybridized carbons (Fsp3) is 0.412. The Balaban J connectivity index is 1.84. The number of rotatable bonds is 6. The molecule has 0 radical (unpaired) electrons. The SMILES string of the molecule is O=C(c1ccccc1N1CCCC1)N(CCO)Cc1nccs1. The van der Waals surface area contributed by atoms with Crippen molar-refractivity contribution < 1.29 is 9.90 Å². The van der Waals surface area contributed by atoms with Gasteiger partial charge in [0.05, 0.1) is 18.7 Å². The van der Waals surface area contributed by atoms with Crippen molar-refractivity contribution in [2.75, 3.05) is 31.1 Å². The highest BCUT2D eigenvalue weighted by Gasteiger charge is 2.23. The lowest BCUT2D eigenvalue weighted by molar-refractivity contribution is 0.0708. The summed E-state index contributed by atoms with van der Waals surface area (Å²) in [5.41, 5.74) is 1.71. The summed E-state index contributed by atoms with van der Waals surface area (Å²) >= 11 is 1.52. The Bertz CT molecular complexity index is 639. The van der Waals surface area contributed by atoms with Gasteiger partial charge in [-0.25, -0.2) is 4.98 Å². The smallest absolute Gasteiger partial charge is 0.256 e. The number of amides is 1. The first-order valence-electron chi connectivity index (χ1n) is 7.92. The average molecular weight is 331 g/mol. The van der Waals surface area contributed by atoms with Gasteiger partial charge in [0.2, 0.25) is 0 Å². The van der Waals surface area contributed by atoms with E-state index in [-0.39, 0.29) is 12.5 Å². The molecule has 1 aliphatic rings. The monoisotopic (exact) mass is 331 g/mol. The van der Waals surface area contributed by atoms with Gasteiger partial charge >= 0.3 is 0 Å². The van der Waals surface area contributed by atoms with E-state index in [1.165, 1.54) is 24.2 Å². The Kier molecular flexibility index (Phi) is 5.25. The van der Waals surface area contributed by atoms with Crippen molar-refractivity contribution in [2.24, 2.45) is 0 Å². The number of anilines is 1. The number of hydrogen-bond donors (Lipinski definition) is 1. The number of thiazole rings is 1. The van der Waals surface area contributed by atoms with E-state index in [0.717, 1.165) is 23.8 Å². The number of carbonyl (C=O) groups excluding carboxylic acids is 1. The number of aliphatic hydroxyl groups is 1. The first kappa shape index (κ1) is 16.0. The summed E-state index contributed by atoms with van der Waals surface area (Å²) in [6, 6.07) is 7.76. The highest BCUT2D eigenvalue weighted by atomic mass is 32.1. The van der Waals surface area contributed by atoms with E-state index in [1.807, 2.05) is 29.6 Å². The Labute approximate surface area is 140 Å². The van der Waals surface area contributed by atoms with Crippen molar-refractivity contribution in [3.63, 3.8) is 0 Å². The fourth-order valence-corrected chi connectivity index (χ4v) is 3.56. The van der Waals surface area contributed by atoms with Crippen LogP contribution in [-0.4, -0.2) is 47.1 Å². The molecule has 0 unspecified atom stereocenters. The zero-order valence-corrected chi connectivity index (χ0v) is 13.8. The van der Waals surface area contributed by atoms with E-state index < -0.39 is 0 Å². The van der Waals surface area contributed by atoms with Crippen LogP contribution in [0.5, 0.6) is 0 Å². The largest absolute Gasteiger partial charge is 0.395 e. The summed E-state index contributed by atoms with van der Waals surface area (Å²) in [5.74, 6) is -0.0447. The van der Waals surface area contributed by atoms with Crippen LogP contribution in [0.15, 0.2) is 35.8 Å². The molecule has 122 valence electrons. The van der Waals surface area contributed by atoms with E-state index in [1.54, 1.807) is 11.1 Å². The van der Waals surface area contributed by atoms with Crippen molar-refractivity contribution >= 4 is 22.9 Å². The highest BCUT2D eigenvalue weighted by Crippen LogP contribution is 2.26. The molecule has 1 amide bonds. The van der Waals surface area contributed by atoms with Gasteiger partial charge in [0.15, 0.2) is 0 Å². The van der Waals surface area contributed by atoms with Crippen LogP contribution in [-0.2, 0) is 6.54 Å². The van der Waals surface area contributed by atoms with Crippen LogP contribution in [0.4, 0.5) is 5.69 Å². The van der Waals surface area contributed by atoms with Crippen LogP contribution in [0, 0.1) is 0 Å². The summed E-state index contributed by atoms with van der Waals surface area (Å²) < 4.78 is 0. The van der Waals surface area contributed by atoms with E-state index in [9.17, 15) is 9.90 Å². The summed E-state index contributed by atoms with van der Waals surface area (Å²) in [5, 5.41) is 12.1. The molecular formula is C17H21N3O2S. The van der Waals surface area contributed by atoms with Gasteiger partial charge in [0.25, 0.3) is 5.91 Å². The Morgan fingerprint density at radius 2 is 2.09 bits per heavy atom. The average Bonchev–Trinajstić information content (AvgIpc) is 3.27. The van der Waals surface area contributed by atoms with Crippen LogP contribution in [0.1, 0.15) is 28.2 Å². The fourth-order valence-electron chi connectivity index (χ4n) is 2.93. The van der Waals surface area contributed by atoms with Gasteiger partial charge in [-0.2, -0.15) is 0 Å². The third kappa shape index (κ3) is 3.71. The normalized spacial score (nSPS) is 14.2. The molecule has 0 spiro atoms. The Hall–Kier alpha value is -1.92. The molecule has 0 bridgehead atoms. The molecule has 1 aromatic carbocycles. The maximum absolute atomic E-state index is 13.0. The molecule has 1 fully saturated rings. The maximum Gasteiger partial charge on any atom is 0.256 e. The molecule has 1 N–H and O–H groups in total. The highest BCUT2D eigenvalue weighted by molar-refractivity contribution is 7.09. The number of para-hydroxylation sites is 1. The molecule has 3 rings (SSSR count). The molecule has 1 saturated heterocycles. The van der Waals surface area contributed by atoms with E-state index in [2.05, 4.69) is 9.88 Å². The van der Waals surface area contributed by atoms with Crippen LogP contribution in [0.3, 0.4) is 0 Å². The van der Waals surface area contributed by atoms with Crippen molar-refractivity contribution in [3.8, 4) is 0 Å². The quantitative estimate of drug-likeness (QED) is 0.883. The van der Waals surface area contributed by atoms with Crippen LogP contribution >= 0.6 is 11.3 Å². The van der Waals surface area contributed by atoms with Crippen LogP contribution in [0.25, 0.3) is 0 Å². The molecule has 0 aliphatic carbocycles. The predicted molar refractivity (Wildman–Crippen MR) is 91.8 cm³/mol. The molecule has 1 aliphatic heterocycles. The molecule has 6 heteroatoms. The van der Waals surface area contributed by atoms with Gasteiger partial charge in [-0.1, -0.05) is 12.1 Å². The summed E-state index contributed by atoms with van der Waals surface area (Å²) in [7, 11) is 0. The van der Waals surface area contributed by atoms with Gasteiger partial charge in [-0.3, -0.25) is 4.79 Å². The topological polar surface area (TPSA) is 56.7 Å². The number of aliphatic hydroxyl groups excluding tert-OH is 1. The minimum absolute atomic E-state index is 0.0447. The van der Waals surface area contributed by atoms with Gasteiger partial charge in [0.1, 0.15) is 5.01 Å². The first-order valence-corrected chi connectivity index (χ1v) is 8.80.